The molecule has 8 nitrogen and oxygen atoms in total. The van der Waals surface area contributed by atoms with Gasteiger partial charge in [0.05, 0.1) is 7.11 Å². The minimum Gasteiger partial charge on any atom is -0.497 e. The van der Waals surface area contributed by atoms with Gasteiger partial charge in [-0.3, -0.25) is 14.6 Å². The van der Waals surface area contributed by atoms with Crippen LogP contribution in [0.15, 0.2) is 35.5 Å². The number of aromatic nitrogens is 2. The number of methoxy groups -OCH3 is 1. The molecule has 1 aromatic carbocycles. The quantitative estimate of drug-likeness (QED) is 0.762. The van der Waals surface area contributed by atoms with E-state index in [0.29, 0.717) is 18.3 Å². The number of amides is 3. The number of urea groups is 1. The molecule has 1 unspecified atom stereocenters. The molecule has 2 aliphatic rings. The Labute approximate surface area is 163 Å². The van der Waals surface area contributed by atoms with Gasteiger partial charge in [0.15, 0.2) is 0 Å². The summed E-state index contributed by atoms with van der Waals surface area (Å²) in [6.07, 6.45) is 1.91. The molecule has 28 heavy (non-hydrogen) atoms. The third-order valence-electron chi connectivity index (χ3n) is 5.09. The number of carbonyl (C=O) groups is 2. The van der Waals surface area contributed by atoms with Crippen LogP contribution < -0.4 is 9.30 Å². The molecule has 1 fully saturated rings. The molecule has 1 atom stereocenters. The number of nitrogens with zero attached hydrogens (tertiary/aromatic N) is 5. The first-order valence-corrected chi connectivity index (χ1v) is 9.29. The highest BCUT2D eigenvalue weighted by Gasteiger charge is 2.53. The van der Waals surface area contributed by atoms with E-state index in [9.17, 15) is 9.59 Å². The molecule has 146 valence electrons. The number of aryl methyl sites for hydroxylation is 1. The molecular formula is C20H24N5O3+. The van der Waals surface area contributed by atoms with Crippen molar-refractivity contribution in [1.29, 1.82) is 0 Å². The summed E-state index contributed by atoms with van der Waals surface area (Å²) in [5, 5.41) is 0. The fraction of sp³-hybridized carbons (Fsp3) is 0.400. The van der Waals surface area contributed by atoms with Crippen LogP contribution in [-0.4, -0.2) is 52.8 Å². The number of imidazole rings is 1. The highest BCUT2D eigenvalue weighted by molar-refractivity contribution is 6.19. The Hall–Kier alpha value is -3.16. The topological polar surface area (TPSA) is 71.0 Å². The molecule has 0 aliphatic carbocycles. The lowest BCUT2D eigenvalue weighted by molar-refractivity contribution is -0.676. The molecule has 2 aliphatic heterocycles. The van der Waals surface area contributed by atoms with Crippen molar-refractivity contribution in [3.05, 3.63) is 36.2 Å². The minimum atomic E-state index is -0.616. The number of ether oxygens (including phenoxy) is 1. The molecule has 3 heterocycles. The van der Waals surface area contributed by atoms with Crippen molar-refractivity contribution in [2.75, 3.05) is 20.7 Å². The molecule has 2 aromatic rings. The molecule has 3 amide bonds. The second-order valence-electron chi connectivity index (χ2n) is 7.57. The lowest BCUT2D eigenvalue weighted by Crippen LogP contribution is -2.63. The third kappa shape index (κ3) is 2.59. The van der Waals surface area contributed by atoms with Crippen molar-refractivity contribution in [2.45, 2.75) is 26.8 Å². The van der Waals surface area contributed by atoms with Gasteiger partial charge in [-0.25, -0.2) is 9.36 Å². The summed E-state index contributed by atoms with van der Waals surface area (Å²) in [7, 11) is 3.30. The predicted octanol–water partition coefficient (Wildman–Crippen LogP) is 2.22. The smallest absolute Gasteiger partial charge is 0.406 e. The van der Waals surface area contributed by atoms with Crippen molar-refractivity contribution in [1.82, 2.24) is 14.4 Å². The van der Waals surface area contributed by atoms with E-state index in [-0.39, 0.29) is 17.9 Å². The fourth-order valence-corrected chi connectivity index (χ4v) is 3.77. The van der Waals surface area contributed by atoms with Gasteiger partial charge in [0.2, 0.25) is 11.9 Å². The van der Waals surface area contributed by atoms with Gasteiger partial charge in [-0.1, -0.05) is 18.8 Å². The maximum absolute atomic E-state index is 13.2. The van der Waals surface area contributed by atoms with Crippen LogP contribution in [0.25, 0.3) is 5.69 Å². The van der Waals surface area contributed by atoms with Crippen LogP contribution in [0, 0.1) is 12.8 Å². The number of hydrogen-bond acceptors (Lipinski definition) is 4. The number of hydrogen-bond donors (Lipinski definition) is 0. The van der Waals surface area contributed by atoms with Crippen LogP contribution in [0.3, 0.4) is 0 Å². The largest absolute Gasteiger partial charge is 0.497 e. The van der Waals surface area contributed by atoms with Crippen molar-refractivity contribution < 1.29 is 18.9 Å². The van der Waals surface area contributed by atoms with Crippen LogP contribution >= 0.6 is 0 Å². The van der Waals surface area contributed by atoms with E-state index in [1.807, 2.05) is 60.4 Å². The van der Waals surface area contributed by atoms with E-state index in [2.05, 4.69) is 4.99 Å². The number of likely N-dealkylation sites (N-methyl/N-ethyl adjacent to an activating group) is 1. The van der Waals surface area contributed by atoms with Crippen molar-refractivity contribution in [2.24, 2.45) is 10.9 Å². The van der Waals surface area contributed by atoms with Crippen LogP contribution in [0.1, 0.15) is 25.6 Å². The minimum absolute atomic E-state index is 0.191. The van der Waals surface area contributed by atoms with Gasteiger partial charge in [0, 0.05) is 13.6 Å². The molecule has 4 rings (SSSR count). The lowest BCUT2D eigenvalue weighted by Gasteiger charge is -2.33. The van der Waals surface area contributed by atoms with E-state index < -0.39 is 6.04 Å². The van der Waals surface area contributed by atoms with Gasteiger partial charge >= 0.3 is 12.0 Å². The number of carbonyl (C=O) groups excluding carboxylic acids is 2. The molecule has 1 aromatic heterocycles. The number of aliphatic imine (C=N–C) groups is 1. The molecule has 8 heteroatoms. The van der Waals surface area contributed by atoms with E-state index in [1.54, 1.807) is 14.2 Å². The molecule has 0 saturated carbocycles. The van der Waals surface area contributed by atoms with Gasteiger partial charge in [-0.05, 0) is 37.1 Å². The van der Waals surface area contributed by atoms with Crippen molar-refractivity contribution in [3.8, 4) is 11.4 Å². The van der Waals surface area contributed by atoms with E-state index >= 15 is 0 Å². The first-order valence-electron chi connectivity index (χ1n) is 9.29. The molecule has 0 N–H and O–H groups in total. The van der Waals surface area contributed by atoms with Crippen molar-refractivity contribution >= 4 is 23.7 Å². The second kappa shape index (κ2) is 6.47. The standard InChI is InChI=1S/C20H24N5O3/c1-12(2)10-24-18(26)16-17(22(4)20(24)27)21-19-23(16)11-13(3)25(19)14-6-8-15(28-5)9-7-14/h6-9,11-12,16H,10H2,1-5H3/q+1. The molecule has 0 bridgehead atoms. The first kappa shape index (κ1) is 18.2. The maximum Gasteiger partial charge on any atom is 0.406 e. The Balaban J connectivity index is 1.80. The van der Waals surface area contributed by atoms with Crippen LogP contribution in [0.5, 0.6) is 5.75 Å². The summed E-state index contributed by atoms with van der Waals surface area (Å²) in [5.41, 5.74) is 1.86. The van der Waals surface area contributed by atoms with Crippen LogP contribution in [-0.2, 0) is 4.79 Å². The molecule has 0 spiro atoms. The summed E-state index contributed by atoms with van der Waals surface area (Å²) >= 11 is 0. The zero-order chi connectivity index (χ0) is 20.2. The summed E-state index contributed by atoms with van der Waals surface area (Å²) in [5.74, 6) is 1.82. The zero-order valence-corrected chi connectivity index (χ0v) is 16.7. The Kier molecular flexibility index (Phi) is 4.21. The van der Waals surface area contributed by atoms with E-state index in [0.717, 1.165) is 17.1 Å². The molecular weight excluding hydrogens is 358 g/mol. The van der Waals surface area contributed by atoms with Gasteiger partial charge < -0.3 is 4.74 Å². The Morgan fingerprint density at radius 2 is 1.89 bits per heavy atom. The van der Waals surface area contributed by atoms with E-state index in [1.165, 1.54) is 9.80 Å². The highest BCUT2D eigenvalue weighted by Crippen LogP contribution is 2.31. The average molecular weight is 382 g/mol. The van der Waals surface area contributed by atoms with Gasteiger partial charge in [-0.2, -0.15) is 4.57 Å². The van der Waals surface area contributed by atoms with Gasteiger partial charge in [0.25, 0.3) is 5.91 Å². The Bertz CT molecular complexity index is 990. The average Bonchev–Trinajstić information content (AvgIpc) is 3.18. The maximum atomic E-state index is 13.2. The lowest BCUT2D eigenvalue weighted by atomic mass is 10.1. The van der Waals surface area contributed by atoms with Crippen molar-refractivity contribution in [3.63, 3.8) is 0 Å². The Morgan fingerprint density at radius 3 is 2.50 bits per heavy atom. The summed E-state index contributed by atoms with van der Waals surface area (Å²) in [4.78, 5) is 33.3. The second-order valence-corrected chi connectivity index (χ2v) is 7.57. The summed E-state index contributed by atoms with van der Waals surface area (Å²) in [6.45, 7) is 6.34. The Morgan fingerprint density at radius 1 is 1.21 bits per heavy atom. The zero-order valence-electron chi connectivity index (χ0n) is 16.7. The SMILES string of the molecule is COc1ccc(-n2c(C)c[n+]3c2N=C2C3C(=O)N(CC(C)C)C(=O)N2C)cc1. The summed E-state index contributed by atoms with van der Waals surface area (Å²) in [6, 6.07) is 6.70. The van der Waals surface area contributed by atoms with Crippen LogP contribution in [0.4, 0.5) is 10.7 Å². The molecule has 1 saturated heterocycles. The number of imide groups is 1. The monoisotopic (exact) mass is 382 g/mol. The van der Waals surface area contributed by atoms with Gasteiger partial charge in [0.1, 0.15) is 23.3 Å². The van der Waals surface area contributed by atoms with E-state index in [4.69, 9.17) is 4.74 Å². The number of benzene rings is 1. The van der Waals surface area contributed by atoms with Crippen LogP contribution in [0.2, 0.25) is 0 Å². The fourth-order valence-electron chi connectivity index (χ4n) is 3.77. The normalized spacial score (nSPS) is 18.5. The highest BCUT2D eigenvalue weighted by atomic mass is 16.5. The number of amidine groups is 1. The van der Waals surface area contributed by atoms with Gasteiger partial charge in [-0.15, -0.1) is 0 Å². The number of rotatable bonds is 4. The first-order chi connectivity index (χ1) is 13.3. The third-order valence-corrected chi connectivity index (χ3v) is 5.09. The molecule has 0 radical (unpaired) electrons. The predicted molar refractivity (Wildman–Crippen MR) is 103 cm³/mol. The summed E-state index contributed by atoms with van der Waals surface area (Å²) < 4.78 is 9.06. The number of fused-ring (bicyclic) bond motifs is 3.